The molecule has 2 rings (SSSR count). The van der Waals surface area contributed by atoms with Crippen molar-refractivity contribution in [3.05, 3.63) is 0 Å². The zero-order valence-corrected chi connectivity index (χ0v) is 10.3. The van der Waals surface area contributed by atoms with Crippen LogP contribution in [0.2, 0.25) is 0 Å². The Hall–Kier alpha value is -0.0800. The van der Waals surface area contributed by atoms with Crippen molar-refractivity contribution in [2.24, 2.45) is 11.8 Å². The van der Waals surface area contributed by atoms with Gasteiger partial charge in [-0.25, -0.2) is 0 Å². The predicted octanol–water partition coefficient (Wildman–Crippen LogP) is 2.11. The normalized spacial score (nSPS) is 32.8. The second-order valence-electron chi connectivity index (χ2n) is 5.59. The first-order valence-electron chi connectivity index (χ1n) is 6.72. The van der Waals surface area contributed by atoms with Crippen LogP contribution in [0.3, 0.4) is 0 Å². The standard InChI is InChI=1S/C13H26N2/c1-11-9-14-7-8-15(10-11)12(2)13-5-3-4-6-13/h11-14H,3-10H2,1-2H3. The summed E-state index contributed by atoms with van der Waals surface area (Å²) < 4.78 is 0. The predicted molar refractivity (Wildman–Crippen MR) is 65.0 cm³/mol. The monoisotopic (exact) mass is 210 g/mol. The summed E-state index contributed by atoms with van der Waals surface area (Å²) in [6.45, 7) is 9.75. The third kappa shape index (κ3) is 2.94. The fourth-order valence-electron chi connectivity index (χ4n) is 3.24. The molecule has 1 aliphatic heterocycles. The summed E-state index contributed by atoms with van der Waals surface area (Å²) in [5.74, 6) is 1.80. The molecule has 1 heterocycles. The highest BCUT2D eigenvalue weighted by Crippen LogP contribution is 2.30. The first-order chi connectivity index (χ1) is 7.27. The number of hydrogen-bond donors (Lipinski definition) is 1. The minimum atomic E-state index is 0.815. The maximum absolute atomic E-state index is 3.53. The van der Waals surface area contributed by atoms with Gasteiger partial charge in [-0.2, -0.15) is 0 Å². The molecule has 2 unspecified atom stereocenters. The molecule has 2 nitrogen and oxygen atoms in total. The molecule has 0 aromatic heterocycles. The summed E-state index contributed by atoms with van der Waals surface area (Å²) in [6, 6.07) is 0.815. The largest absolute Gasteiger partial charge is 0.315 e. The van der Waals surface area contributed by atoms with Crippen LogP contribution in [0, 0.1) is 11.8 Å². The van der Waals surface area contributed by atoms with Gasteiger partial charge in [0.15, 0.2) is 0 Å². The van der Waals surface area contributed by atoms with Crippen molar-refractivity contribution in [2.45, 2.75) is 45.6 Å². The van der Waals surface area contributed by atoms with Crippen LogP contribution in [0.25, 0.3) is 0 Å². The number of nitrogens with zero attached hydrogens (tertiary/aromatic N) is 1. The first-order valence-corrected chi connectivity index (χ1v) is 6.72. The first kappa shape index (κ1) is 11.4. The SMILES string of the molecule is CC1CNCCN(C(C)C2CCCC2)C1. The number of hydrogen-bond acceptors (Lipinski definition) is 2. The van der Waals surface area contributed by atoms with E-state index >= 15 is 0 Å². The molecule has 1 saturated heterocycles. The Morgan fingerprint density at radius 1 is 1.27 bits per heavy atom. The minimum absolute atomic E-state index is 0.815. The Kier molecular flexibility index (Phi) is 4.04. The fourth-order valence-corrected chi connectivity index (χ4v) is 3.24. The molecule has 0 spiro atoms. The van der Waals surface area contributed by atoms with Crippen molar-refractivity contribution in [3.8, 4) is 0 Å². The zero-order chi connectivity index (χ0) is 10.7. The van der Waals surface area contributed by atoms with Crippen LogP contribution in [-0.2, 0) is 0 Å². The average molecular weight is 210 g/mol. The Labute approximate surface area is 94.4 Å². The quantitative estimate of drug-likeness (QED) is 0.751. The molecule has 15 heavy (non-hydrogen) atoms. The zero-order valence-electron chi connectivity index (χ0n) is 10.3. The lowest BCUT2D eigenvalue weighted by Gasteiger charge is -2.33. The lowest BCUT2D eigenvalue weighted by Crippen LogP contribution is -2.41. The minimum Gasteiger partial charge on any atom is -0.315 e. The maximum Gasteiger partial charge on any atom is 0.0110 e. The summed E-state index contributed by atoms with van der Waals surface area (Å²) in [5, 5.41) is 3.53. The van der Waals surface area contributed by atoms with E-state index in [4.69, 9.17) is 0 Å². The summed E-state index contributed by atoms with van der Waals surface area (Å²) in [4.78, 5) is 2.72. The Bertz CT molecular complexity index is 187. The topological polar surface area (TPSA) is 15.3 Å². The molecule has 0 amide bonds. The molecule has 2 aliphatic rings. The number of rotatable bonds is 2. The highest BCUT2D eigenvalue weighted by Gasteiger charge is 2.27. The highest BCUT2D eigenvalue weighted by molar-refractivity contribution is 4.82. The van der Waals surface area contributed by atoms with Crippen molar-refractivity contribution in [2.75, 3.05) is 26.2 Å². The van der Waals surface area contributed by atoms with E-state index < -0.39 is 0 Å². The van der Waals surface area contributed by atoms with Gasteiger partial charge in [-0.15, -0.1) is 0 Å². The van der Waals surface area contributed by atoms with Crippen LogP contribution in [0.5, 0.6) is 0 Å². The van der Waals surface area contributed by atoms with Crippen molar-refractivity contribution < 1.29 is 0 Å². The van der Waals surface area contributed by atoms with Gasteiger partial charge in [0.1, 0.15) is 0 Å². The lowest BCUT2D eigenvalue weighted by atomic mass is 9.97. The molecule has 0 bridgehead atoms. The molecular formula is C13H26N2. The Morgan fingerprint density at radius 2 is 2.00 bits per heavy atom. The van der Waals surface area contributed by atoms with Crippen LogP contribution < -0.4 is 5.32 Å². The van der Waals surface area contributed by atoms with Crippen LogP contribution in [-0.4, -0.2) is 37.1 Å². The van der Waals surface area contributed by atoms with E-state index in [1.165, 1.54) is 51.9 Å². The van der Waals surface area contributed by atoms with Gasteiger partial charge in [0, 0.05) is 25.7 Å². The molecule has 2 heteroatoms. The van der Waals surface area contributed by atoms with E-state index in [9.17, 15) is 0 Å². The highest BCUT2D eigenvalue weighted by atomic mass is 15.2. The molecule has 0 aromatic carbocycles. The summed E-state index contributed by atoms with van der Waals surface area (Å²) in [7, 11) is 0. The lowest BCUT2D eigenvalue weighted by molar-refractivity contribution is 0.151. The fraction of sp³-hybridized carbons (Fsp3) is 1.00. The summed E-state index contributed by atoms with van der Waals surface area (Å²) >= 11 is 0. The van der Waals surface area contributed by atoms with E-state index in [0.717, 1.165) is 17.9 Å². The van der Waals surface area contributed by atoms with Crippen molar-refractivity contribution in [1.82, 2.24) is 10.2 Å². The molecular weight excluding hydrogens is 184 g/mol. The molecule has 0 radical (unpaired) electrons. The smallest absolute Gasteiger partial charge is 0.0110 e. The van der Waals surface area contributed by atoms with Gasteiger partial charge < -0.3 is 5.32 Å². The van der Waals surface area contributed by atoms with Gasteiger partial charge in [0.05, 0.1) is 0 Å². The van der Waals surface area contributed by atoms with Gasteiger partial charge in [-0.1, -0.05) is 19.8 Å². The third-order valence-electron chi connectivity index (χ3n) is 4.27. The summed E-state index contributed by atoms with van der Waals surface area (Å²) in [5.41, 5.74) is 0. The van der Waals surface area contributed by atoms with Gasteiger partial charge in [-0.05, 0) is 38.1 Å². The van der Waals surface area contributed by atoms with Crippen LogP contribution in [0.1, 0.15) is 39.5 Å². The van der Waals surface area contributed by atoms with Gasteiger partial charge in [0.2, 0.25) is 0 Å². The van der Waals surface area contributed by atoms with Crippen LogP contribution in [0.4, 0.5) is 0 Å². The van der Waals surface area contributed by atoms with Crippen LogP contribution >= 0.6 is 0 Å². The van der Waals surface area contributed by atoms with Gasteiger partial charge in [0.25, 0.3) is 0 Å². The molecule has 0 aromatic rings. The second kappa shape index (κ2) is 5.31. The number of nitrogens with one attached hydrogen (secondary N) is 1. The van der Waals surface area contributed by atoms with Crippen molar-refractivity contribution in [3.63, 3.8) is 0 Å². The van der Waals surface area contributed by atoms with E-state index in [-0.39, 0.29) is 0 Å². The van der Waals surface area contributed by atoms with E-state index in [2.05, 4.69) is 24.1 Å². The van der Waals surface area contributed by atoms with E-state index in [1.54, 1.807) is 0 Å². The molecule has 1 aliphatic carbocycles. The Morgan fingerprint density at radius 3 is 2.73 bits per heavy atom. The van der Waals surface area contributed by atoms with Gasteiger partial charge in [-0.3, -0.25) is 4.90 Å². The molecule has 2 atom stereocenters. The second-order valence-corrected chi connectivity index (χ2v) is 5.59. The van der Waals surface area contributed by atoms with Crippen molar-refractivity contribution in [1.29, 1.82) is 0 Å². The average Bonchev–Trinajstić information content (AvgIpc) is 2.67. The van der Waals surface area contributed by atoms with Crippen molar-refractivity contribution >= 4 is 0 Å². The molecule has 2 fully saturated rings. The van der Waals surface area contributed by atoms with E-state index in [1.807, 2.05) is 0 Å². The van der Waals surface area contributed by atoms with Crippen LogP contribution in [0.15, 0.2) is 0 Å². The Balaban J connectivity index is 1.89. The van der Waals surface area contributed by atoms with E-state index in [0.29, 0.717) is 0 Å². The maximum atomic E-state index is 3.53. The third-order valence-corrected chi connectivity index (χ3v) is 4.27. The van der Waals surface area contributed by atoms with Gasteiger partial charge >= 0.3 is 0 Å². The molecule has 1 saturated carbocycles. The molecule has 88 valence electrons. The summed E-state index contributed by atoms with van der Waals surface area (Å²) in [6.07, 6.45) is 5.88. The molecule has 1 N–H and O–H groups in total.